The molecule has 0 saturated heterocycles. The Morgan fingerprint density at radius 1 is 1.14 bits per heavy atom. The van der Waals surface area contributed by atoms with Gasteiger partial charge < -0.3 is 5.32 Å². The van der Waals surface area contributed by atoms with E-state index in [0.29, 0.717) is 0 Å². The number of aromatic nitrogens is 2. The molecule has 0 bridgehead atoms. The van der Waals surface area contributed by atoms with Crippen molar-refractivity contribution in [2.75, 3.05) is 11.9 Å². The van der Waals surface area contributed by atoms with Crippen molar-refractivity contribution in [2.45, 2.75) is 6.42 Å². The highest BCUT2D eigenvalue weighted by atomic mass is 15.2. The van der Waals surface area contributed by atoms with Crippen molar-refractivity contribution in [3.63, 3.8) is 0 Å². The SMILES string of the molecule is c1ccc(CCNc2ccn[nH]2)cc1. The number of aromatic amines is 1. The van der Waals surface area contributed by atoms with Crippen LogP contribution in [0, 0.1) is 0 Å². The maximum atomic E-state index is 3.86. The van der Waals surface area contributed by atoms with Gasteiger partial charge in [0.25, 0.3) is 0 Å². The Morgan fingerprint density at radius 3 is 2.71 bits per heavy atom. The normalized spacial score (nSPS) is 10.0. The summed E-state index contributed by atoms with van der Waals surface area (Å²) in [6.45, 7) is 0.923. The van der Waals surface area contributed by atoms with Gasteiger partial charge in [-0.15, -0.1) is 0 Å². The molecule has 0 atom stereocenters. The third-order valence-corrected chi connectivity index (χ3v) is 2.07. The van der Waals surface area contributed by atoms with E-state index >= 15 is 0 Å². The van der Waals surface area contributed by atoms with Gasteiger partial charge in [-0.25, -0.2) is 0 Å². The van der Waals surface area contributed by atoms with Gasteiger partial charge in [-0.1, -0.05) is 30.3 Å². The predicted octanol–water partition coefficient (Wildman–Crippen LogP) is 2.06. The first kappa shape index (κ1) is 8.81. The van der Waals surface area contributed by atoms with E-state index in [1.165, 1.54) is 5.56 Å². The number of anilines is 1. The Labute approximate surface area is 83.2 Å². The summed E-state index contributed by atoms with van der Waals surface area (Å²) in [4.78, 5) is 0. The Morgan fingerprint density at radius 2 is 2.00 bits per heavy atom. The van der Waals surface area contributed by atoms with Crippen LogP contribution in [0.3, 0.4) is 0 Å². The second-order valence-corrected chi connectivity index (χ2v) is 3.13. The second kappa shape index (κ2) is 4.46. The molecule has 0 radical (unpaired) electrons. The largest absolute Gasteiger partial charge is 0.370 e. The van der Waals surface area contributed by atoms with Crippen molar-refractivity contribution >= 4 is 5.82 Å². The second-order valence-electron chi connectivity index (χ2n) is 3.13. The molecule has 1 aromatic heterocycles. The highest BCUT2D eigenvalue weighted by molar-refractivity contribution is 5.31. The Bertz CT molecular complexity index is 353. The average Bonchev–Trinajstić information content (AvgIpc) is 2.72. The lowest BCUT2D eigenvalue weighted by molar-refractivity contribution is 0.992. The van der Waals surface area contributed by atoms with Gasteiger partial charge in [-0.05, 0) is 18.1 Å². The van der Waals surface area contributed by atoms with Crippen LogP contribution in [0.25, 0.3) is 0 Å². The molecular formula is C11H13N3. The van der Waals surface area contributed by atoms with Gasteiger partial charge in [0.05, 0.1) is 6.20 Å². The van der Waals surface area contributed by atoms with Crippen LogP contribution in [0.5, 0.6) is 0 Å². The number of rotatable bonds is 4. The minimum atomic E-state index is 0.923. The van der Waals surface area contributed by atoms with Gasteiger partial charge in [0, 0.05) is 6.54 Å². The summed E-state index contributed by atoms with van der Waals surface area (Å²) in [5.41, 5.74) is 1.35. The van der Waals surface area contributed by atoms with E-state index in [4.69, 9.17) is 0 Å². The summed E-state index contributed by atoms with van der Waals surface area (Å²) >= 11 is 0. The van der Waals surface area contributed by atoms with Gasteiger partial charge in [-0.2, -0.15) is 5.10 Å². The molecule has 2 rings (SSSR count). The fraction of sp³-hybridized carbons (Fsp3) is 0.182. The monoisotopic (exact) mass is 187 g/mol. The van der Waals surface area contributed by atoms with Crippen molar-refractivity contribution < 1.29 is 0 Å². The van der Waals surface area contributed by atoms with Gasteiger partial charge in [0.2, 0.25) is 0 Å². The van der Waals surface area contributed by atoms with Gasteiger partial charge >= 0.3 is 0 Å². The zero-order chi connectivity index (χ0) is 9.64. The molecule has 2 aromatic rings. The Kier molecular flexibility index (Phi) is 2.81. The van der Waals surface area contributed by atoms with Crippen LogP contribution in [0.4, 0.5) is 5.82 Å². The third-order valence-electron chi connectivity index (χ3n) is 2.07. The summed E-state index contributed by atoms with van der Waals surface area (Å²) in [6.07, 6.45) is 2.77. The molecule has 72 valence electrons. The molecule has 14 heavy (non-hydrogen) atoms. The first-order chi connectivity index (χ1) is 6.95. The lowest BCUT2D eigenvalue weighted by atomic mass is 10.1. The van der Waals surface area contributed by atoms with Gasteiger partial charge in [0.1, 0.15) is 5.82 Å². The molecule has 0 aliphatic rings. The number of nitrogens with one attached hydrogen (secondary N) is 2. The van der Waals surface area contributed by atoms with Crippen LogP contribution >= 0.6 is 0 Å². The van der Waals surface area contributed by atoms with Crippen LogP contribution in [-0.2, 0) is 6.42 Å². The topological polar surface area (TPSA) is 40.7 Å². The number of nitrogens with zero attached hydrogens (tertiary/aromatic N) is 1. The zero-order valence-corrected chi connectivity index (χ0v) is 7.90. The maximum Gasteiger partial charge on any atom is 0.121 e. The maximum absolute atomic E-state index is 3.86. The first-order valence-electron chi connectivity index (χ1n) is 4.72. The molecule has 0 aliphatic heterocycles. The van der Waals surface area contributed by atoms with E-state index in [2.05, 4.69) is 39.8 Å². The highest BCUT2D eigenvalue weighted by Crippen LogP contribution is 2.01. The number of H-pyrrole nitrogens is 1. The molecule has 0 aliphatic carbocycles. The van der Waals surface area contributed by atoms with Crippen molar-refractivity contribution in [3.8, 4) is 0 Å². The summed E-state index contributed by atoms with van der Waals surface area (Å²) in [5.74, 6) is 0.973. The molecule has 1 aromatic carbocycles. The van der Waals surface area contributed by atoms with E-state index < -0.39 is 0 Å². The average molecular weight is 187 g/mol. The molecule has 2 N–H and O–H groups in total. The van der Waals surface area contributed by atoms with Crippen molar-refractivity contribution in [1.82, 2.24) is 10.2 Å². The molecule has 0 unspecified atom stereocenters. The Balaban J connectivity index is 1.79. The van der Waals surface area contributed by atoms with Crippen molar-refractivity contribution in [1.29, 1.82) is 0 Å². The van der Waals surface area contributed by atoms with Crippen LogP contribution < -0.4 is 5.32 Å². The lowest BCUT2D eigenvalue weighted by Crippen LogP contribution is -2.04. The quantitative estimate of drug-likeness (QED) is 0.769. The van der Waals surface area contributed by atoms with E-state index in [1.54, 1.807) is 6.20 Å². The number of hydrogen-bond acceptors (Lipinski definition) is 2. The van der Waals surface area contributed by atoms with Crippen molar-refractivity contribution in [2.24, 2.45) is 0 Å². The molecule has 0 fully saturated rings. The zero-order valence-electron chi connectivity index (χ0n) is 7.90. The lowest BCUT2D eigenvalue weighted by Gasteiger charge is -2.02. The van der Waals surface area contributed by atoms with E-state index in [0.717, 1.165) is 18.8 Å². The van der Waals surface area contributed by atoms with Gasteiger partial charge in [0.15, 0.2) is 0 Å². The first-order valence-corrected chi connectivity index (χ1v) is 4.72. The summed E-state index contributed by atoms with van der Waals surface area (Å²) in [5, 5.41) is 9.98. The molecule has 0 saturated carbocycles. The van der Waals surface area contributed by atoms with E-state index in [1.807, 2.05) is 12.1 Å². The van der Waals surface area contributed by atoms with Crippen LogP contribution in [-0.4, -0.2) is 16.7 Å². The van der Waals surface area contributed by atoms with Crippen LogP contribution in [0.15, 0.2) is 42.6 Å². The van der Waals surface area contributed by atoms with Crippen molar-refractivity contribution in [3.05, 3.63) is 48.2 Å². The number of hydrogen-bond donors (Lipinski definition) is 2. The minimum Gasteiger partial charge on any atom is -0.370 e. The molecule has 3 nitrogen and oxygen atoms in total. The minimum absolute atomic E-state index is 0.923. The summed E-state index contributed by atoms with van der Waals surface area (Å²) in [7, 11) is 0. The standard InChI is InChI=1S/C11H13N3/c1-2-4-10(5-3-1)6-8-12-11-7-9-13-14-11/h1-5,7,9H,6,8H2,(H2,12,13,14). The van der Waals surface area contributed by atoms with E-state index in [9.17, 15) is 0 Å². The third kappa shape index (κ3) is 2.36. The molecule has 1 heterocycles. The van der Waals surface area contributed by atoms with Gasteiger partial charge in [-0.3, -0.25) is 5.10 Å². The summed E-state index contributed by atoms with van der Waals surface area (Å²) < 4.78 is 0. The fourth-order valence-electron chi connectivity index (χ4n) is 1.34. The number of benzene rings is 1. The predicted molar refractivity (Wildman–Crippen MR) is 57.2 cm³/mol. The fourth-order valence-corrected chi connectivity index (χ4v) is 1.34. The van der Waals surface area contributed by atoms with E-state index in [-0.39, 0.29) is 0 Å². The van der Waals surface area contributed by atoms with Crippen LogP contribution in [0.2, 0.25) is 0 Å². The molecule has 3 heteroatoms. The van der Waals surface area contributed by atoms with Crippen LogP contribution in [0.1, 0.15) is 5.56 Å². The molecule has 0 spiro atoms. The Hall–Kier alpha value is -1.77. The molecular weight excluding hydrogens is 174 g/mol. The molecule has 0 amide bonds. The smallest absolute Gasteiger partial charge is 0.121 e. The highest BCUT2D eigenvalue weighted by Gasteiger charge is 1.92. The summed E-state index contributed by atoms with van der Waals surface area (Å²) in [6, 6.07) is 12.3.